The number of aliphatic hydroxyl groups is 4. The number of rotatable bonds is 7. The van der Waals surface area contributed by atoms with Crippen LogP contribution in [0.1, 0.15) is 93.4 Å². The highest BCUT2D eigenvalue weighted by molar-refractivity contribution is 5.25. The summed E-state index contributed by atoms with van der Waals surface area (Å²) in [5.74, 6) is -2.44. The molecule has 0 aromatic rings. The van der Waals surface area contributed by atoms with E-state index in [1.54, 1.807) is 7.11 Å². The lowest BCUT2D eigenvalue weighted by Gasteiger charge is -2.71. The van der Waals surface area contributed by atoms with Gasteiger partial charge in [0, 0.05) is 37.2 Å². The zero-order valence-corrected chi connectivity index (χ0v) is 30.1. The van der Waals surface area contributed by atoms with Crippen molar-refractivity contribution in [3.8, 4) is 0 Å². The molecule has 7 fully saturated rings. The lowest BCUT2D eigenvalue weighted by molar-refractivity contribution is -0.410. The monoisotopic (exact) mass is 684 g/mol. The molecule has 0 bridgehead atoms. The minimum absolute atomic E-state index is 0.0460. The first-order valence-electron chi connectivity index (χ1n) is 18.3. The molecule has 0 aromatic carbocycles. The number of hydrogen-bond acceptors (Lipinski definition) is 12. The SMILES string of the molecule is COCOC1C[C@]2(C)[C@@H](C(O)CO)CC[C@]2(O)C2CC[C@]3(O)C[C@@H](O[C@@H]4O[C@@H](C)[C@H](C)[C@H]5OC(C)(C)O[C@@H]45)C[C@H]4OC(C)(C)OC[C@]43C12. The van der Waals surface area contributed by atoms with Crippen LogP contribution in [0, 0.1) is 34.5 Å². The lowest BCUT2D eigenvalue weighted by atomic mass is 9.40. The number of fused-ring (bicyclic) bond motifs is 4. The number of hydrogen-bond donors (Lipinski definition) is 4. The topological polar surface area (TPSA) is 155 Å². The average molecular weight is 685 g/mol. The van der Waals surface area contributed by atoms with Gasteiger partial charge in [0.25, 0.3) is 0 Å². The molecule has 1 spiro atoms. The molecule has 4 N–H and O–H groups in total. The molecule has 48 heavy (non-hydrogen) atoms. The first kappa shape index (κ1) is 35.9. The molecule has 4 aliphatic carbocycles. The molecule has 12 nitrogen and oxygen atoms in total. The third kappa shape index (κ3) is 5.22. The highest BCUT2D eigenvalue weighted by atomic mass is 16.8. The molecule has 0 amide bonds. The Kier molecular flexibility index (Phi) is 9.00. The second kappa shape index (κ2) is 12.0. The number of aliphatic hydroxyl groups excluding tert-OH is 2. The van der Waals surface area contributed by atoms with Crippen LogP contribution >= 0.6 is 0 Å². The van der Waals surface area contributed by atoms with E-state index in [2.05, 4.69) is 6.92 Å². The van der Waals surface area contributed by atoms with E-state index in [1.165, 1.54) is 0 Å². The minimum atomic E-state index is -1.26. The normalized spacial score (nSPS) is 54.4. The molecular weight excluding hydrogens is 624 g/mol. The van der Waals surface area contributed by atoms with Crippen molar-refractivity contribution < 1.29 is 58.3 Å². The van der Waals surface area contributed by atoms with Crippen LogP contribution in [0.3, 0.4) is 0 Å². The van der Waals surface area contributed by atoms with Crippen LogP contribution in [-0.2, 0) is 37.9 Å². The Morgan fingerprint density at radius 3 is 2.35 bits per heavy atom. The van der Waals surface area contributed by atoms with Gasteiger partial charge in [-0.3, -0.25) is 0 Å². The zero-order chi connectivity index (χ0) is 34.7. The van der Waals surface area contributed by atoms with Gasteiger partial charge in [-0.15, -0.1) is 0 Å². The van der Waals surface area contributed by atoms with Crippen molar-refractivity contribution in [1.29, 1.82) is 0 Å². The molecule has 0 radical (unpaired) electrons. The lowest BCUT2D eigenvalue weighted by Crippen LogP contribution is -2.78. The maximum absolute atomic E-state index is 13.1. The summed E-state index contributed by atoms with van der Waals surface area (Å²) in [4.78, 5) is 0. The zero-order valence-electron chi connectivity index (χ0n) is 30.1. The summed E-state index contributed by atoms with van der Waals surface area (Å²) in [7, 11) is 1.59. The Balaban J connectivity index is 1.24. The van der Waals surface area contributed by atoms with Crippen LogP contribution in [-0.4, -0.2) is 119 Å². The Labute approximate surface area is 285 Å². The predicted molar refractivity (Wildman–Crippen MR) is 170 cm³/mol. The van der Waals surface area contributed by atoms with E-state index in [4.69, 9.17) is 37.9 Å². The summed E-state index contributed by atoms with van der Waals surface area (Å²) >= 11 is 0. The van der Waals surface area contributed by atoms with Gasteiger partial charge in [0.05, 0.1) is 66.5 Å². The fourth-order valence-electron chi connectivity index (χ4n) is 11.8. The van der Waals surface area contributed by atoms with Crippen molar-refractivity contribution in [3.63, 3.8) is 0 Å². The molecule has 3 saturated heterocycles. The maximum atomic E-state index is 13.1. The van der Waals surface area contributed by atoms with Gasteiger partial charge in [-0.05, 0) is 78.6 Å². The predicted octanol–water partition coefficient (Wildman–Crippen LogP) is 2.86. The number of ether oxygens (including phenoxy) is 8. The highest BCUT2D eigenvalue weighted by Crippen LogP contribution is 2.72. The molecule has 16 atom stereocenters. The van der Waals surface area contributed by atoms with Crippen molar-refractivity contribution in [2.75, 3.05) is 27.1 Å². The van der Waals surface area contributed by atoms with Crippen molar-refractivity contribution in [2.45, 2.75) is 165 Å². The Hall–Kier alpha value is -0.480. The summed E-state index contributed by atoms with van der Waals surface area (Å²) < 4.78 is 51.1. The second-order valence-electron chi connectivity index (χ2n) is 17.4. The van der Waals surface area contributed by atoms with Crippen LogP contribution in [0.5, 0.6) is 0 Å². The van der Waals surface area contributed by atoms with E-state index in [1.807, 2.05) is 41.5 Å². The van der Waals surface area contributed by atoms with Gasteiger partial charge in [-0.2, -0.15) is 0 Å². The van der Waals surface area contributed by atoms with Gasteiger partial charge < -0.3 is 58.3 Å². The molecule has 7 aliphatic rings. The fourth-order valence-corrected chi connectivity index (χ4v) is 11.8. The summed E-state index contributed by atoms with van der Waals surface area (Å²) in [5.41, 5.74) is -4.04. The van der Waals surface area contributed by atoms with E-state index in [0.29, 0.717) is 44.9 Å². The molecule has 0 aromatic heterocycles. The smallest absolute Gasteiger partial charge is 0.187 e. The fraction of sp³-hybridized carbons (Fsp3) is 1.00. The van der Waals surface area contributed by atoms with Crippen molar-refractivity contribution in [1.82, 2.24) is 0 Å². The van der Waals surface area contributed by atoms with E-state index >= 15 is 0 Å². The molecule has 4 unspecified atom stereocenters. The quantitative estimate of drug-likeness (QED) is 0.230. The third-order valence-corrected chi connectivity index (χ3v) is 14.2. The first-order valence-corrected chi connectivity index (χ1v) is 18.3. The average Bonchev–Trinajstić information content (AvgIpc) is 3.49. The van der Waals surface area contributed by atoms with Crippen LogP contribution in [0.15, 0.2) is 0 Å². The van der Waals surface area contributed by atoms with Crippen molar-refractivity contribution >= 4 is 0 Å². The van der Waals surface area contributed by atoms with E-state index < -0.39 is 70.4 Å². The van der Waals surface area contributed by atoms with Crippen LogP contribution < -0.4 is 0 Å². The standard InChI is InChI=1S/C36H60O12/c1-19-20(2)44-30(29-28(19)47-32(5,6)48-29)45-21-13-26-35(17-43-31(3,4)46-26)27-23(9-11-34(35,39)14-21)36(40)12-10-22(24(38)16-37)33(36,7)15-25(27)42-18-41-8/h19-30,37-40H,9-18H2,1-8H3/t19-,20-,21-,22+,23?,24?,25?,26+,27?,28+,29+,30-,33+,34-,35+,36-/m0/s1. The summed E-state index contributed by atoms with van der Waals surface area (Å²) in [6.45, 7) is 13.7. The molecule has 12 heteroatoms. The highest BCUT2D eigenvalue weighted by Gasteiger charge is 2.77. The number of methoxy groups -OCH3 is 1. The van der Waals surface area contributed by atoms with E-state index in [9.17, 15) is 20.4 Å². The molecule has 3 heterocycles. The molecule has 4 saturated carbocycles. The van der Waals surface area contributed by atoms with Crippen LogP contribution in [0.4, 0.5) is 0 Å². The largest absolute Gasteiger partial charge is 0.394 e. The molecular formula is C36H60O12. The summed E-state index contributed by atoms with van der Waals surface area (Å²) in [6, 6.07) is 0. The van der Waals surface area contributed by atoms with Crippen molar-refractivity contribution in [2.24, 2.45) is 34.5 Å². The van der Waals surface area contributed by atoms with Gasteiger partial charge in [-0.25, -0.2) is 0 Å². The van der Waals surface area contributed by atoms with Gasteiger partial charge in [-0.1, -0.05) is 13.8 Å². The minimum Gasteiger partial charge on any atom is -0.394 e. The first-order chi connectivity index (χ1) is 22.4. The van der Waals surface area contributed by atoms with Gasteiger partial charge in [0.1, 0.15) is 12.9 Å². The van der Waals surface area contributed by atoms with Crippen LogP contribution in [0.25, 0.3) is 0 Å². The molecule has 3 aliphatic heterocycles. The summed E-state index contributed by atoms with van der Waals surface area (Å²) in [6.07, 6.45) is -0.296. The van der Waals surface area contributed by atoms with Crippen molar-refractivity contribution in [3.05, 3.63) is 0 Å². The Morgan fingerprint density at radius 1 is 0.917 bits per heavy atom. The Bertz CT molecular complexity index is 1200. The van der Waals surface area contributed by atoms with E-state index in [0.717, 1.165) is 0 Å². The Morgan fingerprint density at radius 2 is 1.65 bits per heavy atom. The summed E-state index contributed by atoms with van der Waals surface area (Å²) in [5, 5.41) is 46.8. The third-order valence-electron chi connectivity index (χ3n) is 14.2. The van der Waals surface area contributed by atoms with Crippen LogP contribution in [0.2, 0.25) is 0 Å². The maximum Gasteiger partial charge on any atom is 0.187 e. The second-order valence-corrected chi connectivity index (χ2v) is 17.4. The van der Waals surface area contributed by atoms with Gasteiger partial charge >= 0.3 is 0 Å². The van der Waals surface area contributed by atoms with E-state index in [-0.39, 0.29) is 55.9 Å². The molecule has 276 valence electrons. The molecule has 7 rings (SSSR count). The van der Waals surface area contributed by atoms with Gasteiger partial charge in [0.2, 0.25) is 0 Å². The van der Waals surface area contributed by atoms with Gasteiger partial charge in [0.15, 0.2) is 17.9 Å².